The van der Waals surface area contributed by atoms with E-state index >= 15 is 0 Å². The van der Waals surface area contributed by atoms with E-state index in [1.165, 1.54) is 13.0 Å². The number of nitrogens with two attached hydrogens (primary N) is 1. The number of hydrogen-bond acceptors (Lipinski definition) is 5. The highest BCUT2D eigenvalue weighted by Crippen LogP contribution is 2.38. The molecule has 0 atom stereocenters. The number of nitrogen functional groups attached to an aromatic ring is 1. The third kappa shape index (κ3) is 4.27. The third-order valence-electron chi connectivity index (χ3n) is 3.58. The zero-order chi connectivity index (χ0) is 19.3. The summed E-state index contributed by atoms with van der Waals surface area (Å²) in [5.74, 6) is -0.384. The Hall–Kier alpha value is -3.16. The van der Waals surface area contributed by atoms with Gasteiger partial charge in [-0.15, -0.1) is 0 Å². The van der Waals surface area contributed by atoms with Gasteiger partial charge < -0.3 is 20.1 Å². The van der Waals surface area contributed by atoms with Crippen molar-refractivity contribution in [3.8, 4) is 5.75 Å². The molecule has 2 N–H and O–H groups in total. The number of hydrogen-bond donors (Lipinski definition) is 1. The van der Waals surface area contributed by atoms with Crippen molar-refractivity contribution in [2.45, 2.75) is 13.8 Å². The van der Waals surface area contributed by atoms with E-state index in [1.807, 2.05) is 0 Å². The Morgan fingerprint density at radius 2 is 1.88 bits per heavy atom. The molecule has 0 aliphatic heterocycles. The summed E-state index contributed by atoms with van der Waals surface area (Å²) < 4.78 is 34.9. The van der Waals surface area contributed by atoms with Gasteiger partial charge in [-0.05, 0) is 6.92 Å². The third-order valence-corrected chi connectivity index (χ3v) is 3.58. The molecule has 0 bridgehead atoms. The molecule has 0 radical (unpaired) electrons. The van der Waals surface area contributed by atoms with Crippen molar-refractivity contribution in [1.82, 2.24) is 0 Å². The monoisotopic (exact) mass is 364 g/mol. The van der Waals surface area contributed by atoms with Crippen molar-refractivity contribution < 1.29 is 27.8 Å². The van der Waals surface area contributed by atoms with Crippen LogP contribution in [0, 0.1) is 0 Å². The largest absolute Gasteiger partial charge is 0.513 e. The molecule has 0 heterocycles. The van der Waals surface area contributed by atoms with Crippen LogP contribution in [0.4, 0.5) is 25.0 Å². The number of carbonyl (C=O) groups is 2. The van der Waals surface area contributed by atoms with Gasteiger partial charge in [0.2, 0.25) is 5.91 Å². The quantitative estimate of drug-likeness (QED) is 0.491. The second-order valence-corrected chi connectivity index (χ2v) is 5.26. The highest BCUT2D eigenvalue weighted by atomic mass is 19.3. The fourth-order valence-electron chi connectivity index (χ4n) is 2.45. The number of nitrogens with zero attached hydrogens (tertiary/aromatic N) is 1. The summed E-state index contributed by atoms with van der Waals surface area (Å²) in [6.07, 6.45) is -2.24. The molecular weight excluding hydrogens is 346 g/mol. The van der Waals surface area contributed by atoms with Crippen LogP contribution in [0.3, 0.4) is 0 Å². The molecule has 2 aromatic carbocycles. The average molecular weight is 364 g/mol. The van der Waals surface area contributed by atoms with Crippen LogP contribution in [-0.4, -0.2) is 25.2 Å². The van der Waals surface area contributed by atoms with E-state index in [2.05, 4.69) is 0 Å². The topological polar surface area (TPSA) is 81.9 Å². The molecule has 26 heavy (non-hydrogen) atoms. The van der Waals surface area contributed by atoms with Crippen LogP contribution in [0.25, 0.3) is 10.8 Å². The van der Waals surface area contributed by atoms with Gasteiger partial charge in [0.1, 0.15) is 5.75 Å². The zero-order valence-electron chi connectivity index (χ0n) is 14.3. The second-order valence-electron chi connectivity index (χ2n) is 5.26. The number of carbonyl (C=O) groups excluding carboxylic acids is 2. The van der Waals surface area contributed by atoms with Crippen LogP contribution in [0.1, 0.15) is 13.8 Å². The van der Waals surface area contributed by atoms with Gasteiger partial charge in [-0.25, -0.2) is 4.79 Å². The molecule has 1 amide bonds. The van der Waals surface area contributed by atoms with E-state index in [4.69, 9.17) is 15.2 Å². The van der Waals surface area contributed by atoms with Crippen LogP contribution in [0.5, 0.6) is 5.75 Å². The number of fused-ring (bicyclic) bond motifs is 1. The van der Waals surface area contributed by atoms with E-state index in [9.17, 15) is 18.4 Å². The molecule has 0 fully saturated rings. The normalized spacial score (nSPS) is 10.3. The Bertz CT molecular complexity index is 864. The summed E-state index contributed by atoms with van der Waals surface area (Å²) in [5, 5.41) is 1.04. The Morgan fingerprint density at radius 3 is 2.46 bits per heavy atom. The molecule has 138 valence electrons. The predicted octanol–water partition coefficient (Wildman–Crippen LogP) is 4.09. The lowest BCUT2D eigenvalue weighted by Crippen LogP contribution is -2.29. The van der Waals surface area contributed by atoms with Crippen molar-refractivity contribution in [2.75, 3.05) is 23.8 Å². The second kappa shape index (κ2) is 8.28. The van der Waals surface area contributed by atoms with Gasteiger partial charge in [0.05, 0.1) is 18.0 Å². The minimum absolute atomic E-state index is 0.110. The summed E-state index contributed by atoms with van der Waals surface area (Å²) in [7, 11) is 0. The van der Waals surface area contributed by atoms with Crippen LogP contribution in [-0.2, 0) is 9.53 Å². The summed E-state index contributed by atoms with van der Waals surface area (Å²) in [6.45, 7) is 2.60. The van der Waals surface area contributed by atoms with E-state index < -0.39 is 18.1 Å². The number of anilines is 2. The molecule has 0 aliphatic rings. The van der Waals surface area contributed by atoms with Gasteiger partial charge in [0.25, 0.3) is 6.08 Å². The van der Waals surface area contributed by atoms with Gasteiger partial charge in [0.15, 0.2) is 0 Å². The van der Waals surface area contributed by atoms with E-state index in [1.54, 1.807) is 31.2 Å². The Kier molecular flexibility index (Phi) is 6.11. The molecule has 0 aliphatic carbocycles. The van der Waals surface area contributed by atoms with Crippen LogP contribution in [0.15, 0.2) is 42.5 Å². The predicted molar refractivity (Wildman–Crippen MR) is 94.3 cm³/mol. The standard InChI is InChI=1S/C18H18F2N2O4/c1-3-25-18(24)26-15-10-14(22(11(2)23)9-8-16(19)20)17(21)13-7-5-4-6-12(13)15/h4-8,10H,3,9,21H2,1-2H3. The summed E-state index contributed by atoms with van der Waals surface area (Å²) in [6, 6.07) is 8.17. The first-order valence-corrected chi connectivity index (χ1v) is 7.80. The molecule has 0 spiro atoms. The van der Waals surface area contributed by atoms with Crippen molar-refractivity contribution in [1.29, 1.82) is 0 Å². The summed E-state index contributed by atoms with van der Waals surface area (Å²) in [4.78, 5) is 24.7. The lowest BCUT2D eigenvalue weighted by molar-refractivity contribution is -0.116. The molecule has 0 saturated heterocycles. The lowest BCUT2D eigenvalue weighted by atomic mass is 10.1. The molecule has 2 aromatic rings. The Labute approximate surface area is 148 Å². The van der Waals surface area contributed by atoms with Crippen LogP contribution < -0.4 is 15.4 Å². The van der Waals surface area contributed by atoms with Gasteiger partial charge in [-0.2, -0.15) is 8.78 Å². The molecule has 6 nitrogen and oxygen atoms in total. The van der Waals surface area contributed by atoms with Crippen molar-refractivity contribution >= 4 is 34.2 Å². The minimum atomic E-state index is -1.92. The first-order chi connectivity index (χ1) is 12.3. The van der Waals surface area contributed by atoms with Crippen molar-refractivity contribution in [2.24, 2.45) is 0 Å². The SMILES string of the molecule is CCOC(=O)Oc1cc(N(CC=C(F)F)C(C)=O)c(N)c2ccccc12. The number of amides is 1. The molecular formula is C18H18F2N2O4. The van der Waals surface area contributed by atoms with E-state index in [0.717, 1.165) is 4.90 Å². The maximum absolute atomic E-state index is 12.5. The fraction of sp³-hybridized carbons (Fsp3) is 0.222. The van der Waals surface area contributed by atoms with Crippen molar-refractivity contribution in [3.05, 3.63) is 42.5 Å². The minimum Gasteiger partial charge on any atom is -0.434 e. The summed E-state index contributed by atoms with van der Waals surface area (Å²) in [5.41, 5.74) is 6.52. The van der Waals surface area contributed by atoms with Gasteiger partial charge in [-0.3, -0.25) is 4.79 Å². The Balaban J connectivity index is 2.61. The highest BCUT2D eigenvalue weighted by molar-refractivity contribution is 6.07. The number of rotatable bonds is 5. The number of halogens is 2. The summed E-state index contributed by atoms with van der Waals surface area (Å²) >= 11 is 0. The first-order valence-electron chi connectivity index (χ1n) is 7.80. The maximum atomic E-state index is 12.5. The van der Waals surface area contributed by atoms with Crippen molar-refractivity contribution in [3.63, 3.8) is 0 Å². The highest BCUT2D eigenvalue weighted by Gasteiger charge is 2.20. The average Bonchev–Trinajstić information content (AvgIpc) is 2.58. The maximum Gasteiger partial charge on any atom is 0.513 e. The number of ether oxygens (including phenoxy) is 2. The molecule has 0 saturated carbocycles. The molecule has 2 rings (SSSR count). The van der Waals surface area contributed by atoms with Crippen LogP contribution >= 0.6 is 0 Å². The lowest BCUT2D eigenvalue weighted by Gasteiger charge is -2.23. The zero-order valence-corrected chi connectivity index (χ0v) is 14.3. The molecule has 0 unspecified atom stereocenters. The smallest absolute Gasteiger partial charge is 0.434 e. The Morgan fingerprint density at radius 1 is 1.23 bits per heavy atom. The molecule has 0 aromatic heterocycles. The van der Waals surface area contributed by atoms with Gasteiger partial charge >= 0.3 is 6.16 Å². The van der Waals surface area contributed by atoms with E-state index in [-0.39, 0.29) is 30.3 Å². The van der Waals surface area contributed by atoms with E-state index in [0.29, 0.717) is 16.8 Å². The fourth-order valence-corrected chi connectivity index (χ4v) is 2.45. The van der Waals surface area contributed by atoms with Crippen LogP contribution in [0.2, 0.25) is 0 Å². The first kappa shape index (κ1) is 19.2. The van der Waals surface area contributed by atoms with Gasteiger partial charge in [-0.1, -0.05) is 24.3 Å². The molecule has 8 heteroatoms. The number of benzene rings is 2. The van der Waals surface area contributed by atoms with Gasteiger partial charge in [0, 0.05) is 36.4 Å².